The van der Waals surface area contributed by atoms with Crippen LogP contribution in [0.25, 0.3) is 277 Å². The van der Waals surface area contributed by atoms with Gasteiger partial charge in [-0.2, -0.15) is 0 Å². The van der Waals surface area contributed by atoms with Gasteiger partial charge < -0.3 is 49.8 Å². The molecule has 21 heteroatoms. The van der Waals surface area contributed by atoms with Gasteiger partial charge in [-0.3, -0.25) is 0 Å². The monoisotopic (exact) mass is 2420 g/mol. The maximum Gasteiger partial charge on any atom is 0.140 e. The summed E-state index contributed by atoms with van der Waals surface area (Å²) in [6, 6.07) is 143. The molecular formula is C129H83Br2ClI3N15. The van der Waals surface area contributed by atoms with Crippen molar-refractivity contribution in [1.82, 2.24) is 74.8 Å². The average Bonchev–Trinajstić information content (AvgIpc) is 1.56. The lowest BCUT2D eigenvalue weighted by atomic mass is 9.99. The van der Waals surface area contributed by atoms with Gasteiger partial charge in [-0.1, -0.05) is 347 Å². The van der Waals surface area contributed by atoms with Gasteiger partial charge in [0, 0.05) is 193 Å². The minimum absolute atomic E-state index is 0.707. The quantitative estimate of drug-likeness (QED) is 0.0425. The van der Waals surface area contributed by atoms with E-state index in [1.165, 1.54) is 91.9 Å². The Morgan fingerprint density at radius 3 is 1.05 bits per heavy atom. The molecule has 0 bridgehead atoms. The van der Waals surface area contributed by atoms with E-state index < -0.39 is 0 Å². The van der Waals surface area contributed by atoms with Gasteiger partial charge >= 0.3 is 0 Å². The van der Waals surface area contributed by atoms with E-state index >= 15 is 0 Å². The number of rotatable bonds is 12. The molecule has 0 radical (unpaired) electrons. The first-order valence-corrected chi connectivity index (χ1v) is 54.2. The van der Waals surface area contributed by atoms with Crippen molar-refractivity contribution in [2.75, 3.05) is 0 Å². The molecule has 15 nitrogen and oxygen atoms in total. The number of para-hydroxylation sites is 3. The number of nitrogens with zero attached hydrogens (tertiary/aromatic N) is 5. The average molecular weight is 2420 g/mol. The van der Waals surface area contributed by atoms with E-state index in [2.05, 4.69) is 489 Å². The molecule has 716 valence electrons. The van der Waals surface area contributed by atoms with Crippen LogP contribution in [0.15, 0.2) is 452 Å². The number of halogens is 6. The van der Waals surface area contributed by atoms with Gasteiger partial charge in [-0.15, -0.1) is 0 Å². The number of H-pyrrole nitrogens is 10. The van der Waals surface area contributed by atoms with Crippen molar-refractivity contribution in [1.29, 1.82) is 0 Å². The fourth-order valence-corrected chi connectivity index (χ4v) is 23.1. The molecule has 20 aromatic carbocycles. The standard InChI is InChI=1S/C29H19BrClN3.2C27H19N3.C23H12BrI2N3.C23H14IN3/c30-22-12-15-26-24(16-22)25(17-32-26)29-33-27(28(34-29)21-10-13-23(31)14-11-21)20-8-6-19(7-9-20)18-4-2-1-3-5-18;1-2-10-19(11-3-1)25-26(22-15-8-12-18-9-4-5-13-20(18)22)30-27(29-25)23-17-28-24-16-7-6-14-21(23)24;1-2-9-19(10-3-1)25-26(21-15-14-18-8-4-5-11-20(18)16-21)30-27(29-25)23-17-28-24-13-7-6-12-22(23)24;24-11-1-6-20-16(7-11)19(10-27-20)23-28-21-17-8-12(25)2-4-14(17)15-5-3-13(26)9-18(15)22(21)29-23;24-13-9-10-15-14-5-1-2-7-17(14)21-22(18(15)11-13)27-23(26-21)19-12-25-20-8-4-3-6-16(19)20/h1-17,32H,(H,33,34);2*1-17,28H,(H,29,30);1-10,27H,(H,28,29);1-12,25H,(H,26,27). The van der Waals surface area contributed by atoms with Gasteiger partial charge in [0.1, 0.15) is 29.1 Å². The minimum Gasteiger partial charge on any atom is -0.360 e. The molecule has 0 fully saturated rings. The van der Waals surface area contributed by atoms with Crippen LogP contribution >= 0.6 is 111 Å². The lowest BCUT2D eigenvalue weighted by Gasteiger charge is -2.07. The van der Waals surface area contributed by atoms with Gasteiger partial charge in [0.15, 0.2) is 0 Å². The number of hydrogen-bond acceptors (Lipinski definition) is 5. The molecule has 10 N–H and O–H groups in total. The molecule has 0 spiro atoms. The summed E-state index contributed by atoms with van der Waals surface area (Å²) in [5.41, 5.74) is 29.9. The van der Waals surface area contributed by atoms with Gasteiger partial charge in [-0.05, 0) is 231 Å². The van der Waals surface area contributed by atoms with Crippen molar-refractivity contribution in [2.24, 2.45) is 0 Å². The summed E-state index contributed by atoms with van der Waals surface area (Å²) < 4.78 is 5.73. The van der Waals surface area contributed by atoms with E-state index in [-0.39, 0.29) is 0 Å². The normalized spacial score (nSPS) is 11.5. The second-order valence-corrected chi connectivity index (χ2v) is 43.0. The van der Waals surface area contributed by atoms with Crippen molar-refractivity contribution in [2.45, 2.75) is 0 Å². The maximum absolute atomic E-state index is 6.16. The number of aromatic amines is 10. The molecule has 0 amide bonds. The zero-order valence-electron chi connectivity index (χ0n) is 79.7. The molecular weight excluding hydrogens is 2340 g/mol. The summed E-state index contributed by atoms with van der Waals surface area (Å²) >= 11 is 20.5. The number of fused-ring (bicyclic) bond motifs is 19. The third kappa shape index (κ3) is 17.9. The predicted octanol–water partition coefficient (Wildman–Crippen LogP) is 37.7. The van der Waals surface area contributed by atoms with Gasteiger partial charge in [0.2, 0.25) is 0 Å². The summed E-state index contributed by atoms with van der Waals surface area (Å²) in [5.74, 6) is 4.34. The second kappa shape index (κ2) is 40.0. The molecule has 0 aliphatic carbocycles. The van der Waals surface area contributed by atoms with Gasteiger partial charge in [0.25, 0.3) is 0 Å². The van der Waals surface area contributed by atoms with Crippen molar-refractivity contribution in [3.8, 4) is 136 Å². The van der Waals surface area contributed by atoms with E-state index in [1.54, 1.807) is 0 Å². The first-order valence-electron chi connectivity index (χ1n) is 49.0. The van der Waals surface area contributed by atoms with E-state index in [1.807, 2.05) is 104 Å². The van der Waals surface area contributed by atoms with Crippen molar-refractivity contribution < 1.29 is 0 Å². The lowest BCUT2D eigenvalue weighted by molar-refractivity contribution is 1.31. The van der Waals surface area contributed by atoms with Crippen LogP contribution in [-0.2, 0) is 0 Å². The maximum atomic E-state index is 6.16. The number of aromatic nitrogens is 15. The Kier molecular flexibility index (Phi) is 24.9. The van der Waals surface area contributed by atoms with E-state index in [0.29, 0.717) is 5.02 Å². The van der Waals surface area contributed by atoms with Crippen LogP contribution in [0.2, 0.25) is 5.02 Å². The Morgan fingerprint density at radius 1 is 0.200 bits per heavy atom. The molecule has 0 saturated carbocycles. The smallest absolute Gasteiger partial charge is 0.140 e. The highest BCUT2D eigenvalue weighted by atomic mass is 127. The molecule has 0 atom stereocenters. The molecule has 10 heterocycles. The fourth-order valence-electron chi connectivity index (χ4n) is 20.7. The van der Waals surface area contributed by atoms with Crippen LogP contribution in [0.4, 0.5) is 0 Å². The summed E-state index contributed by atoms with van der Waals surface area (Å²) in [7, 11) is 0. The topological polar surface area (TPSA) is 222 Å². The van der Waals surface area contributed by atoms with Crippen LogP contribution in [0.3, 0.4) is 0 Å². The molecule has 0 aliphatic heterocycles. The number of nitrogens with one attached hydrogen (secondary N) is 10. The predicted molar refractivity (Wildman–Crippen MR) is 656 cm³/mol. The van der Waals surface area contributed by atoms with Crippen molar-refractivity contribution in [3.05, 3.63) is 468 Å². The zero-order chi connectivity index (χ0) is 101. The summed E-state index contributed by atoms with van der Waals surface area (Å²) in [5, 5.41) is 21.1. The molecule has 0 unspecified atom stereocenters. The molecule has 0 aliphatic rings. The van der Waals surface area contributed by atoms with Crippen LogP contribution in [-0.4, -0.2) is 74.8 Å². The highest BCUT2D eigenvalue weighted by molar-refractivity contribution is 14.1. The number of hydrogen-bond donors (Lipinski definition) is 10. The minimum atomic E-state index is 0.707. The summed E-state index contributed by atoms with van der Waals surface area (Å²) in [6.07, 6.45) is 10.1. The van der Waals surface area contributed by atoms with Crippen LogP contribution in [0, 0.1) is 10.7 Å². The van der Waals surface area contributed by atoms with Gasteiger partial charge in [0.05, 0.1) is 56.2 Å². The van der Waals surface area contributed by atoms with Crippen molar-refractivity contribution >= 4 is 252 Å². The first kappa shape index (κ1) is 93.5. The highest BCUT2D eigenvalue weighted by Crippen LogP contribution is 2.46. The SMILES string of the molecule is Brc1ccc2[nH]cc(-c3nc4c5cc(I)ccc5c5ccc(I)cc5c4[nH]3)c2c1.Clc1ccc(-c2[nH]c(-c3c[nH]c4ccc(Br)cc34)nc2-c2ccc(-c3ccccc3)cc2)cc1.Ic1ccc2c3ccccc3c3[nH]c(-c4c[nH]c5ccccc45)nc3c2c1.c1ccc(-c2[nH]c(-c3c[nH]c4ccccc34)nc2-c2ccc3ccccc3c2)cc1.c1ccc(-c2nc(-c3c[nH]c4ccccc34)[nH]c2-c2cccc3ccccc23)cc1. The molecule has 30 aromatic rings. The Bertz CT molecular complexity index is 10300. The summed E-state index contributed by atoms with van der Waals surface area (Å²) in [4.78, 5) is 60.3. The Labute approximate surface area is 921 Å². The lowest BCUT2D eigenvalue weighted by Crippen LogP contribution is -1.85. The Balaban J connectivity index is 0.0000000947. The molecule has 30 rings (SSSR count). The highest BCUT2D eigenvalue weighted by Gasteiger charge is 2.26. The Morgan fingerprint density at radius 2 is 0.533 bits per heavy atom. The van der Waals surface area contributed by atoms with Crippen LogP contribution in [0.5, 0.6) is 0 Å². The Hall–Kier alpha value is -16.3. The van der Waals surface area contributed by atoms with E-state index in [9.17, 15) is 0 Å². The van der Waals surface area contributed by atoms with Gasteiger partial charge in [-0.25, -0.2) is 24.9 Å². The third-order valence-corrected chi connectivity index (χ3v) is 31.2. The van der Waals surface area contributed by atoms with Crippen LogP contribution < -0.4 is 0 Å². The largest absolute Gasteiger partial charge is 0.360 e. The second-order valence-electron chi connectivity index (χ2n) is 37.0. The van der Waals surface area contributed by atoms with Crippen LogP contribution in [0.1, 0.15) is 0 Å². The van der Waals surface area contributed by atoms with E-state index in [0.717, 1.165) is 205 Å². The van der Waals surface area contributed by atoms with E-state index in [4.69, 9.17) is 36.5 Å². The molecule has 0 saturated heterocycles. The fraction of sp³-hybridized carbons (Fsp3) is 0. The first-order chi connectivity index (χ1) is 73.8. The number of benzene rings is 20. The zero-order valence-corrected chi connectivity index (χ0v) is 90.1. The molecule has 10 aromatic heterocycles. The number of imidazole rings is 5. The molecule has 150 heavy (non-hydrogen) atoms. The van der Waals surface area contributed by atoms with Crippen molar-refractivity contribution in [3.63, 3.8) is 0 Å². The third-order valence-electron chi connectivity index (χ3n) is 27.9. The summed E-state index contributed by atoms with van der Waals surface area (Å²) in [6.45, 7) is 0.